The Morgan fingerprint density at radius 3 is 2.95 bits per heavy atom. The average Bonchev–Trinajstić information content (AvgIpc) is 2.43. The molecule has 1 aromatic rings. The monoisotopic (exact) mass is 353 g/mol. The van der Waals surface area contributed by atoms with Crippen LogP contribution in [0.15, 0.2) is 28.2 Å². The number of hydrogen-bond donors (Lipinski definition) is 2. The Morgan fingerprint density at radius 1 is 1.48 bits per heavy atom. The molecule has 1 heterocycles. The maximum absolute atomic E-state index is 12.1. The van der Waals surface area contributed by atoms with Crippen LogP contribution in [0.5, 0.6) is 5.75 Å². The molecule has 0 spiro atoms. The van der Waals surface area contributed by atoms with Gasteiger partial charge in [-0.1, -0.05) is 22.9 Å². The molecular weight excluding hydrogens is 338 g/mol. The Labute approximate surface area is 131 Å². The van der Waals surface area contributed by atoms with Gasteiger partial charge >= 0.3 is 5.97 Å². The van der Waals surface area contributed by atoms with Gasteiger partial charge in [-0.3, -0.25) is 9.59 Å². The summed E-state index contributed by atoms with van der Waals surface area (Å²) in [7, 11) is 0. The third-order valence-electron chi connectivity index (χ3n) is 3.11. The molecule has 21 heavy (non-hydrogen) atoms. The fourth-order valence-electron chi connectivity index (χ4n) is 2.03. The molecule has 0 aromatic heterocycles. The van der Waals surface area contributed by atoms with E-state index in [-0.39, 0.29) is 24.9 Å². The highest BCUT2D eigenvalue weighted by atomic mass is 79.9. The molecule has 0 fully saturated rings. The zero-order valence-corrected chi connectivity index (χ0v) is 13.1. The van der Waals surface area contributed by atoms with Crippen molar-refractivity contribution in [2.75, 3.05) is 13.2 Å². The van der Waals surface area contributed by atoms with Gasteiger partial charge in [0.15, 0.2) is 0 Å². The van der Waals surface area contributed by atoms with Crippen molar-refractivity contribution in [2.45, 2.75) is 13.3 Å². The van der Waals surface area contributed by atoms with Gasteiger partial charge in [-0.2, -0.15) is 0 Å². The molecule has 1 atom stereocenters. The van der Waals surface area contributed by atoms with Gasteiger partial charge in [-0.25, -0.2) is 0 Å². The SMILES string of the molecule is CC(CNC(=O)C1=Cc2cc(Br)ccc2OC1)CC(=O)O. The summed E-state index contributed by atoms with van der Waals surface area (Å²) in [5.41, 5.74) is 1.38. The van der Waals surface area contributed by atoms with Crippen LogP contribution < -0.4 is 10.1 Å². The number of carbonyl (C=O) groups is 2. The van der Waals surface area contributed by atoms with E-state index >= 15 is 0 Å². The normalized spacial score (nSPS) is 14.5. The van der Waals surface area contributed by atoms with Crippen LogP contribution in [0.25, 0.3) is 6.08 Å². The molecule has 1 amide bonds. The molecule has 0 bridgehead atoms. The van der Waals surface area contributed by atoms with Crippen LogP contribution in [0.1, 0.15) is 18.9 Å². The van der Waals surface area contributed by atoms with E-state index in [2.05, 4.69) is 21.2 Å². The lowest BCUT2D eigenvalue weighted by Gasteiger charge is -2.18. The second-order valence-corrected chi connectivity index (χ2v) is 5.97. The van der Waals surface area contributed by atoms with Crippen molar-refractivity contribution in [3.05, 3.63) is 33.8 Å². The Kier molecular flexibility index (Phi) is 5.01. The standard InChI is InChI=1S/C15H16BrNO4/c1-9(4-14(18)19)7-17-15(20)11-5-10-6-12(16)2-3-13(10)21-8-11/h2-3,5-6,9H,4,7-8H2,1H3,(H,17,20)(H,18,19). The fraction of sp³-hybridized carbons (Fsp3) is 0.333. The summed E-state index contributed by atoms with van der Waals surface area (Å²) in [4.78, 5) is 22.6. The molecule has 5 nitrogen and oxygen atoms in total. The highest BCUT2D eigenvalue weighted by Crippen LogP contribution is 2.29. The molecule has 0 saturated carbocycles. The number of halogens is 1. The summed E-state index contributed by atoms with van der Waals surface area (Å²) in [6.45, 7) is 2.33. The van der Waals surface area contributed by atoms with Gasteiger partial charge in [0.25, 0.3) is 5.91 Å². The van der Waals surface area contributed by atoms with Gasteiger partial charge in [0.1, 0.15) is 12.4 Å². The van der Waals surface area contributed by atoms with Crippen molar-refractivity contribution in [1.82, 2.24) is 5.32 Å². The number of carboxylic acids is 1. The summed E-state index contributed by atoms with van der Waals surface area (Å²) >= 11 is 3.38. The van der Waals surface area contributed by atoms with E-state index in [0.717, 1.165) is 15.8 Å². The minimum Gasteiger partial charge on any atom is -0.488 e. The second-order valence-electron chi connectivity index (χ2n) is 5.05. The summed E-state index contributed by atoms with van der Waals surface area (Å²) in [6, 6.07) is 5.61. The molecule has 2 N–H and O–H groups in total. The summed E-state index contributed by atoms with van der Waals surface area (Å²) in [6.07, 6.45) is 1.83. The quantitative estimate of drug-likeness (QED) is 0.852. The van der Waals surface area contributed by atoms with Crippen LogP contribution in [0.4, 0.5) is 0 Å². The first-order valence-electron chi connectivity index (χ1n) is 6.58. The number of benzene rings is 1. The van der Waals surface area contributed by atoms with Gasteiger partial charge in [-0.15, -0.1) is 0 Å². The molecule has 1 aliphatic rings. The summed E-state index contributed by atoms with van der Waals surface area (Å²) in [5.74, 6) is -0.458. The number of aliphatic carboxylic acids is 1. The van der Waals surface area contributed by atoms with Gasteiger partial charge < -0.3 is 15.2 Å². The maximum atomic E-state index is 12.1. The lowest BCUT2D eigenvalue weighted by atomic mass is 10.1. The lowest BCUT2D eigenvalue weighted by molar-refractivity contribution is -0.138. The molecular formula is C15H16BrNO4. The highest BCUT2D eigenvalue weighted by molar-refractivity contribution is 9.10. The third-order valence-corrected chi connectivity index (χ3v) is 3.60. The number of carboxylic acid groups (broad SMARTS) is 1. The molecule has 1 aliphatic heterocycles. The van der Waals surface area contributed by atoms with E-state index in [9.17, 15) is 9.59 Å². The van der Waals surface area contributed by atoms with Crippen LogP contribution in [0, 0.1) is 5.92 Å². The van der Waals surface area contributed by atoms with E-state index in [1.165, 1.54) is 0 Å². The van der Waals surface area contributed by atoms with Crippen molar-refractivity contribution < 1.29 is 19.4 Å². The van der Waals surface area contributed by atoms with Crippen LogP contribution in [0.2, 0.25) is 0 Å². The van der Waals surface area contributed by atoms with Crippen LogP contribution >= 0.6 is 15.9 Å². The largest absolute Gasteiger partial charge is 0.488 e. The van der Waals surface area contributed by atoms with Gasteiger partial charge in [-0.05, 0) is 30.2 Å². The van der Waals surface area contributed by atoms with Crippen molar-refractivity contribution in [2.24, 2.45) is 5.92 Å². The molecule has 1 unspecified atom stereocenters. The van der Waals surface area contributed by atoms with Crippen LogP contribution in [-0.2, 0) is 9.59 Å². The fourth-order valence-corrected chi connectivity index (χ4v) is 2.41. The first kappa shape index (κ1) is 15.6. The van der Waals surface area contributed by atoms with Gasteiger partial charge in [0.2, 0.25) is 0 Å². The molecule has 1 aromatic carbocycles. The van der Waals surface area contributed by atoms with Crippen LogP contribution in [0.3, 0.4) is 0 Å². The van der Waals surface area contributed by atoms with E-state index in [4.69, 9.17) is 9.84 Å². The molecule has 0 aliphatic carbocycles. The average molecular weight is 354 g/mol. The number of fused-ring (bicyclic) bond motifs is 1. The molecule has 0 radical (unpaired) electrons. The van der Waals surface area contributed by atoms with Gasteiger partial charge in [0, 0.05) is 23.0 Å². The van der Waals surface area contributed by atoms with E-state index in [0.29, 0.717) is 12.1 Å². The summed E-state index contributed by atoms with van der Waals surface area (Å²) < 4.78 is 6.45. The first-order chi connectivity index (χ1) is 9.95. The first-order valence-corrected chi connectivity index (χ1v) is 7.38. The number of rotatable bonds is 5. The Bertz CT molecular complexity index is 597. The minimum absolute atomic E-state index is 0.0333. The third kappa shape index (κ3) is 4.32. The molecule has 0 saturated heterocycles. The van der Waals surface area contributed by atoms with Crippen molar-refractivity contribution >= 4 is 33.9 Å². The van der Waals surface area contributed by atoms with Crippen LogP contribution in [-0.4, -0.2) is 30.1 Å². The van der Waals surface area contributed by atoms with Crippen molar-refractivity contribution in [3.63, 3.8) is 0 Å². The summed E-state index contributed by atoms with van der Waals surface area (Å²) in [5, 5.41) is 11.4. The number of hydrogen-bond acceptors (Lipinski definition) is 3. The lowest BCUT2D eigenvalue weighted by Crippen LogP contribution is -2.32. The Morgan fingerprint density at radius 2 is 2.24 bits per heavy atom. The van der Waals surface area contributed by atoms with Crippen molar-refractivity contribution in [3.8, 4) is 5.75 Å². The number of amides is 1. The zero-order valence-electron chi connectivity index (χ0n) is 11.6. The number of nitrogens with one attached hydrogen (secondary N) is 1. The maximum Gasteiger partial charge on any atom is 0.303 e. The smallest absolute Gasteiger partial charge is 0.303 e. The topological polar surface area (TPSA) is 75.6 Å². The second kappa shape index (κ2) is 6.76. The molecule has 112 valence electrons. The Hall–Kier alpha value is -1.82. The van der Waals surface area contributed by atoms with E-state index < -0.39 is 5.97 Å². The van der Waals surface area contributed by atoms with E-state index in [1.807, 2.05) is 18.2 Å². The molecule has 2 rings (SSSR count). The minimum atomic E-state index is -0.865. The number of ether oxygens (including phenoxy) is 1. The van der Waals surface area contributed by atoms with E-state index in [1.54, 1.807) is 13.0 Å². The Balaban J connectivity index is 1.99. The predicted octanol–water partition coefficient (Wildman–Crippen LogP) is 2.45. The zero-order chi connectivity index (χ0) is 15.4. The predicted molar refractivity (Wildman–Crippen MR) is 82.0 cm³/mol. The molecule has 6 heteroatoms. The van der Waals surface area contributed by atoms with Gasteiger partial charge in [0.05, 0.1) is 5.57 Å². The number of carbonyl (C=O) groups excluding carboxylic acids is 1. The highest BCUT2D eigenvalue weighted by Gasteiger charge is 2.18. The van der Waals surface area contributed by atoms with Crippen molar-refractivity contribution in [1.29, 1.82) is 0 Å².